The van der Waals surface area contributed by atoms with Gasteiger partial charge in [0.2, 0.25) is 5.13 Å². The van der Waals surface area contributed by atoms with Crippen LogP contribution in [-0.4, -0.2) is 30.9 Å². The van der Waals surface area contributed by atoms with Crippen molar-refractivity contribution in [2.45, 2.75) is 20.3 Å². The lowest BCUT2D eigenvalue weighted by Crippen LogP contribution is -2.04. The second kappa shape index (κ2) is 9.02. The van der Waals surface area contributed by atoms with Crippen molar-refractivity contribution >= 4 is 28.7 Å². The lowest BCUT2D eigenvalue weighted by atomic mass is 10.2. The van der Waals surface area contributed by atoms with E-state index < -0.39 is 0 Å². The van der Waals surface area contributed by atoms with Crippen LogP contribution in [0.15, 0.2) is 34.7 Å². The van der Waals surface area contributed by atoms with Gasteiger partial charge in [-0.25, -0.2) is 4.98 Å². The Bertz CT molecular complexity index is 681. The highest BCUT2D eigenvalue weighted by atomic mass is 32.1. The lowest BCUT2D eigenvalue weighted by Gasteiger charge is -2.08. The first-order valence-electron chi connectivity index (χ1n) is 7.60. The molecule has 2 rings (SSSR count). The van der Waals surface area contributed by atoms with Gasteiger partial charge in [-0.3, -0.25) is 10.2 Å². The predicted octanol–water partition coefficient (Wildman–Crippen LogP) is 3.34. The molecule has 0 saturated carbocycles. The fraction of sp³-hybridized carbons (Fsp3) is 0.353. The number of carbonyl (C=O) groups excluding carboxylic acids is 1. The average molecular weight is 347 g/mol. The van der Waals surface area contributed by atoms with Crippen LogP contribution in [0.2, 0.25) is 0 Å². The van der Waals surface area contributed by atoms with E-state index in [1.807, 2.05) is 24.3 Å². The molecule has 1 heterocycles. The first kappa shape index (κ1) is 17.9. The molecule has 0 radical (unpaired) electrons. The van der Waals surface area contributed by atoms with Crippen LogP contribution in [0.4, 0.5) is 5.13 Å². The van der Waals surface area contributed by atoms with Crippen molar-refractivity contribution in [1.82, 2.24) is 4.98 Å². The van der Waals surface area contributed by atoms with Crippen LogP contribution in [0.25, 0.3) is 0 Å². The van der Waals surface area contributed by atoms with E-state index in [1.165, 1.54) is 18.4 Å². The summed E-state index contributed by atoms with van der Waals surface area (Å²) in [6.07, 6.45) is 1.86. The number of hydrogen-bond donors (Lipinski definition) is 1. The SMILES string of the molecule is COC(=O)Cc1csc(N/N=C\c2ccc(OCC(C)C)cc2)n1. The van der Waals surface area contributed by atoms with E-state index in [4.69, 9.17) is 4.74 Å². The van der Waals surface area contributed by atoms with Gasteiger partial charge in [0.05, 0.1) is 32.0 Å². The zero-order valence-electron chi connectivity index (χ0n) is 14.0. The predicted molar refractivity (Wildman–Crippen MR) is 95.8 cm³/mol. The summed E-state index contributed by atoms with van der Waals surface area (Å²) < 4.78 is 10.2. The number of anilines is 1. The van der Waals surface area contributed by atoms with Gasteiger partial charge in [0.1, 0.15) is 5.75 Å². The number of aromatic nitrogens is 1. The van der Waals surface area contributed by atoms with E-state index in [2.05, 4.69) is 34.1 Å². The highest BCUT2D eigenvalue weighted by Gasteiger charge is 2.06. The minimum Gasteiger partial charge on any atom is -0.493 e. The molecule has 0 atom stereocenters. The molecular weight excluding hydrogens is 326 g/mol. The van der Waals surface area contributed by atoms with Crippen LogP contribution in [0.1, 0.15) is 25.1 Å². The maximum Gasteiger partial charge on any atom is 0.311 e. The molecule has 0 bridgehead atoms. The number of rotatable bonds is 8. The van der Waals surface area contributed by atoms with Crippen LogP contribution < -0.4 is 10.2 Å². The van der Waals surface area contributed by atoms with Crippen LogP contribution in [0, 0.1) is 5.92 Å². The number of thiazole rings is 1. The van der Waals surface area contributed by atoms with Crippen molar-refractivity contribution < 1.29 is 14.3 Å². The van der Waals surface area contributed by atoms with Gasteiger partial charge in [-0.2, -0.15) is 5.10 Å². The highest BCUT2D eigenvalue weighted by molar-refractivity contribution is 7.13. The van der Waals surface area contributed by atoms with Gasteiger partial charge >= 0.3 is 5.97 Å². The molecule has 0 unspecified atom stereocenters. The topological polar surface area (TPSA) is 72.8 Å². The summed E-state index contributed by atoms with van der Waals surface area (Å²) >= 11 is 1.39. The highest BCUT2D eigenvalue weighted by Crippen LogP contribution is 2.16. The molecule has 0 aliphatic heterocycles. The Morgan fingerprint density at radius 1 is 1.38 bits per heavy atom. The zero-order chi connectivity index (χ0) is 17.4. The van der Waals surface area contributed by atoms with Crippen LogP contribution >= 0.6 is 11.3 Å². The van der Waals surface area contributed by atoms with E-state index in [0.717, 1.165) is 11.3 Å². The number of hydrogen-bond acceptors (Lipinski definition) is 7. The normalized spacial score (nSPS) is 11.0. The van der Waals surface area contributed by atoms with E-state index >= 15 is 0 Å². The fourth-order valence-corrected chi connectivity index (χ4v) is 2.39. The Labute approximate surface area is 145 Å². The lowest BCUT2D eigenvalue weighted by molar-refractivity contribution is -0.139. The van der Waals surface area contributed by atoms with Crippen LogP contribution in [-0.2, 0) is 16.0 Å². The van der Waals surface area contributed by atoms with Crippen molar-refractivity contribution in [3.05, 3.63) is 40.9 Å². The van der Waals surface area contributed by atoms with Gasteiger partial charge in [0.25, 0.3) is 0 Å². The van der Waals surface area contributed by atoms with E-state index in [9.17, 15) is 4.79 Å². The molecule has 1 aromatic carbocycles. The molecule has 0 amide bonds. The molecule has 1 N–H and O–H groups in total. The maximum atomic E-state index is 11.2. The summed E-state index contributed by atoms with van der Waals surface area (Å²) in [4.78, 5) is 15.4. The van der Waals surface area contributed by atoms with Gasteiger partial charge in [0.15, 0.2) is 0 Å². The summed E-state index contributed by atoms with van der Waals surface area (Å²) in [5, 5.41) is 6.57. The summed E-state index contributed by atoms with van der Waals surface area (Å²) in [7, 11) is 1.36. The minimum absolute atomic E-state index is 0.163. The molecule has 1 aromatic heterocycles. The first-order chi connectivity index (χ1) is 11.6. The molecule has 7 heteroatoms. The maximum absolute atomic E-state index is 11.2. The average Bonchev–Trinajstić information content (AvgIpc) is 3.01. The Hall–Kier alpha value is -2.41. The molecule has 0 spiro atoms. The molecule has 24 heavy (non-hydrogen) atoms. The largest absolute Gasteiger partial charge is 0.493 e. The Morgan fingerprint density at radius 3 is 2.79 bits per heavy atom. The van der Waals surface area contributed by atoms with Gasteiger partial charge in [-0.15, -0.1) is 11.3 Å². The summed E-state index contributed by atoms with van der Waals surface area (Å²) in [6, 6.07) is 7.71. The molecule has 0 aliphatic carbocycles. The molecule has 0 aliphatic rings. The third kappa shape index (κ3) is 6.00. The van der Waals surface area contributed by atoms with Gasteiger partial charge in [-0.05, 0) is 35.7 Å². The first-order valence-corrected chi connectivity index (χ1v) is 8.48. The molecule has 0 fully saturated rings. The van der Waals surface area contributed by atoms with Gasteiger partial charge < -0.3 is 9.47 Å². The fourth-order valence-electron chi connectivity index (χ4n) is 1.73. The Kier molecular flexibility index (Phi) is 6.74. The Balaban J connectivity index is 1.84. The van der Waals surface area contributed by atoms with Crippen molar-refractivity contribution in [1.29, 1.82) is 0 Å². The zero-order valence-corrected chi connectivity index (χ0v) is 14.8. The number of carbonyl (C=O) groups is 1. The number of hydrazone groups is 1. The molecule has 6 nitrogen and oxygen atoms in total. The van der Waals surface area contributed by atoms with E-state index in [-0.39, 0.29) is 12.4 Å². The third-order valence-electron chi connectivity index (χ3n) is 2.94. The summed E-state index contributed by atoms with van der Waals surface area (Å²) in [5.41, 5.74) is 4.47. The van der Waals surface area contributed by atoms with Gasteiger partial charge in [-0.1, -0.05) is 13.8 Å². The smallest absolute Gasteiger partial charge is 0.311 e. The van der Waals surface area contributed by atoms with Crippen LogP contribution in [0.5, 0.6) is 5.75 Å². The number of nitrogens with one attached hydrogen (secondary N) is 1. The molecular formula is C17H21N3O3S. The second-order valence-corrected chi connectivity index (χ2v) is 6.40. The number of esters is 1. The summed E-state index contributed by atoms with van der Waals surface area (Å²) in [6.45, 7) is 4.93. The quantitative estimate of drug-likeness (QED) is 0.450. The summed E-state index contributed by atoms with van der Waals surface area (Å²) in [5.74, 6) is 1.04. The monoisotopic (exact) mass is 347 g/mol. The van der Waals surface area contributed by atoms with Crippen molar-refractivity contribution in [2.24, 2.45) is 11.0 Å². The number of methoxy groups -OCH3 is 1. The van der Waals surface area contributed by atoms with E-state index in [0.29, 0.717) is 23.4 Å². The van der Waals surface area contributed by atoms with Crippen molar-refractivity contribution in [3.63, 3.8) is 0 Å². The molecule has 128 valence electrons. The Morgan fingerprint density at radius 2 is 2.12 bits per heavy atom. The van der Waals surface area contributed by atoms with Crippen molar-refractivity contribution in [2.75, 3.05) is 19.1 Å². The number of ether oxygens (including phenoxy) is 2. The van der Waals surface area contributed by atoms with E-state index in [1.54, 1.807) is 11.6 Å². The van der Waals surface area contributed by atoms with Crippen LogP contribution in [0.3, 0.4) is 0 Å². The van der Waals surface area contributed by atoms with Gasteiger partial charge in [0, 0.05) is 5.38 Å². The molecule has 2 aromatic rings. The second-order valence-electron chi connectivity index (χ2n) is 5.54. The third-order valence-corrected chi connectivity index (χ3v) is 3.74. The number of nitrogens with zero attached hydrogens (tertiary/aromatic N) is 2. The standard InChI is InChI=1S/C17H21N3O3S/c1-12(2)10-23-15-6-4-13(5-7-15)9-18-20-17-19-14(11-24-17)8-16(21)22-3/h4-7,9,11-12H,8,10H2,1-3H3,(H,19,20)/b18-9-. The van der Waals surface area contributed by atoms with Crippen molar-refractivity contribution in [3.8, 4) is 5.75 Å². The number of benzene rings is 1. The minimum atomic E-state index is -0.310. The molecule has 0 saturated heterocycles.